The smallest absolute Gasteiger partial charge is 0.143 e. The average molecular weight is 276 g/mol. The molecular formula is C13H16Cl2FN. The Balaban J connectivity index is 2.46. The number of nitrogens with two attached hydrogens (primary N) is 1. The monoisotopic (exact) mass is 275 g/mol. The molecule has 0 aromatic heterocycles. The third kappa shape index (κ3) is 2.44. The SMILES string of the molecule is NCC1(c2cc(Cl)c(F)cc2Cl)CCCCC1. The van der Waals surface area contributed by atoms with Crippen molar-refractivity contribution in [3.8, 4) is 0 Å². The minimum atomic E-state index is -0.469. The van der Waals surface area contributed by atoms with Gasteiger partial charge in [0.15, 0.2) is 0 Å². The molecule has 1 aliphatic rings. The molecule has 94 valence electrons. The van der Waals surface area contributed by atoms with Crippen molar-refractivity contribution in [3.63, 3.8) is 0 Å². The van der Waals surface area contributed by atoms with Gasteiger partial charge in [-0.15, -0.1) is 0 Å². The lowest BCUT2D eigenvalue weighted by molar-refractivity contribution is 0.300. The van der Waals surface area contributed by atoms with Crippen molar-refractivity contribution in [1.29, 1.82) is 0 Å². The van der Waals surface area contributed by atoms with Gasteiger partial charge in [-0.25, -0.2) is 4.39 Å². The van der Waals surface area contributed by atoms with Crippen molar-refractivity contribution in [2.24, 2.45) is 5.73 Å². The summed E-state index contributed by atoms with van der Waals surface area (Å²) in [6.07, 6.45) is 5.52. The molecule has 17 heavy (non-hydrogen) atoms. The molecule has 0 saturated heterocycles. The van der Waals surface area contributed by atoms with Gasteiger partial charge in [0.1, 0.15) is 5.82 Å². The lowest BCUT2D eigenvalue weighted by atomic mass is 9.69. The summed E-state index contributed by atoms with van der Waals surface area (Å²) < 4.78 is 13.3. The third-order valence-electron chi connectivity index (χ3n) is 3.78. The van der Waals surface area contributed by atoms with Gasteiger partial charge in [-0.3, -0.25) is 0 Å². The van der Waals surface area contributed by atoms with Gasteiger partial charge in [0, 0.05) is 17.0 Å². The van der Waals surface area contributed by atoms with E-state index in [9.17, 15) is 4.39 Å². The Morgan fingerprint density at radius 3 is 2.35 bits per heavy atom. The van der Waals surface area contributed by atoms with Crippen LogP contribution in [-0.4, -0.2) is 6.54 Å². The van der Waals surface area contributed by atoms with Crippen LogP contribution in [-0.2, 0) is 5.41 Å². The molecular weight excluding hydrogens is 260 g/mol. The van der Waals surface area contributed by atoms with Gasteiger partial charge in [0.25, 0.3) is 0 Å². The molecule has 0 heterocycles. The summed E-state index contributed by atoms with van der Waals surface area (Å²) >= 11 is 12.0. The Labute approximate surface area is 111 Å². The Bertz CT molecular complexity index is 414. The van der Waals surface area contributed by atoms with Crippen LogP contribution in [0.5, 0.6) is 0 Å². The molecule has 0 radical (unpaired) electrons. The fraction of sp³-hybridized carbons (Fsp3) is 0.538. The largest absolute Gasteiger partial charge is 0.330 e. The average Bonchev–Trinajstić information content (AvgIpc) is 2.34. The topological polar surface area (TPSA) is 26.0 Å². The molecule has 0 bridgehead atoms. The zero-order chi connectivity index (χ0) is 12.5. The summed E-state index contributed by atoms with van der Waals surface area (Å²) in [5.74, 6) is -0.469. The zero-order valence-electron chi connectivity index (χ0n) is 9.61. The number of hydrogen-bond acceptors (Lipinski definition) is 1. The van der Waals surface area contributed by atoms with E-state index in [-0.39, 0.29) is 10.4 Å². The van der Waals surface area contributed by atoms with Crippen LogP contribution in [0, 0.1) is 5.82 Å². The number of rotatable bonds is 2. The summed E-state index contributed by atoms with van der Waals surface area (Å²) in [5, 5.41) is 0.571. The summed E-state index contributed by atoms with van der Waals surface area (Å²) in [7, 11) is 0. The molecule has 1 saturated carbocycles. The van der Waals surface area contributed by atoms with Crippen LogP contribution in [0.1, 0.15) is 37.7 Å². The first kappa shape index (κ1) is 13.1. The molecule has 2 N–H and O–H groups in total. The molecule has 4 heteroatoms. The highest BCUT2D eigenvalue weighted by atomic mass is 35.5. The second-order valence-corrected chi connectivity index (χ2v) is 5.61. The third-order valence-corrected chi connectivity index (χ3v) is 4.39. The van der Waals surface area contributed by atoms with Crippen LogP contribution in [0.15, 0.2) is 12.1 Å². The van der Waals surface area contributed by atoms with Crippen molar-refractivity contribution in [2.45, 2.75) is 37.5 Å². The van der Waals surface area contributed by atoms with Crippen LogP contribution in [0.25, 0.3) is 0 Å². The molecule has 0 unspecified atom stereocenters. The second kappa shape index (κ2) is 5.13. The Morgan fingerprint density at radius 2 is 1.76 bits per heavy atom. The van der Waals surface area contributed by atoms with Crippen molar-refractivity contribution < 1.29 is 4.39 Å². The molecule has 1 aliphatic carbocycles. The molecule has 1 aromatic rings. The van der Waals surface area contributed by atoms with Gasteiger partial charge in [0.2, 0.25) is 0 Å². The lowest BCUT2D eigenvalue weighted by Gasteiger charge is -2.37. The minimum Gasteiger partial charge on any atom is -0.330 e. The van der Waals surface area contributed by atoms with E-state index in [2.05, 4.69) is 0 Å². The number of hydrogen-bond donors (Lipinski definition) is 1. The normalized spacial score (nSPS) is 19.3. The highest BCUT2D eigenvalue weighted by Crippen LogP contribution is 2.42. The van der Waals surface area contributed by atoms with Crippen LogP contribution < -0.4 is 5.73 Å². The Morgan fingerprint density at radius 1 is 1.12 bits per heavy atom. The minimum absolute atomic E-state index is 0.118. The van der Waals surface area contributed by atoms with E-state index in [0.717, 1.165) is 31.2 Å². The standard InChI is InChI=1S/C13H16Cl2FN/c14-10-7-12(16)11(15)6-9(10)13(8-17)4-2-1-3-5-13/h6-7H,1-5,8,17H2. The fourth-order valence-electron chi connectivity index (χ4n) is 2.74. The van der Waals surface area contributed by atoms with E-state index in [0.29, 0.717) is 11.6 Å². The summed E-state index contributed by atoms with van der Waals surface area (Å²) in [6, 6.07) is 2.95. The molecule has 1 fully saturated rings. The van der Waals surface area contributed by atoms with E-state index in [1.807, 2.05) is 0 Å². The molecule has 0 amide bonds. The number of halogens is 3. The highest BCUT2D eigenvalue weighted by molar-refractivity contribution is 6.33. The van der Waals surface area contributed by atoms with Gasteiger partial charge in [-0.05, 0) is 30.5 Å². The van der Waals surface area contributed by atoms with E-state index >= 15 is 0 Å². The Kier molecular flexibility index (Phi) is 3.96. The first-order chi connectivity index (χ1) is 8.09. The van der Waals surface area contributed by atoms with Crippen molar-refractivity contribution in [3.05, 3.63) is 33.6 Å². The quantitative estimate of drug-likeness (QED) is 0.801. The maximum atomic E-state index is 13.3. The van der Waals surface area contributed by atoms with Crippen LogP contribution in [0.4, 0.5) is 4.39 Å². The summed E-state index contributed by atoms with van der Waals surface area (Å²) in [4.78, 5) is 0. The molecule has 0 aliphatic heterocycles. The number of benzene rings is 1. The predicted molar refractivity (Wildman–Crippen MR) is 70.2 cm³/mol. The van der Waals surface area contributed by atoms with Gasteiger partial charge >= 0.3 is 0 Å². The molecule has 2 rings (SSSR count). The van der Waals surface area contributed by atoms with Crippen molar-refractivity contribution in [2.75, 3.05) is 6.54 Å². The predicted octanol–water partition coefficient (Wildman–Crippen LogP) is 4.29. The van der Waals surface area contributed by atoms with Gasteiger partial charge in [-0.2, -0.15) is 0 Å². The molecule has 1 aromatic carbocycles. The van der Waals surface area contributed by atoms with E-state index < -0.39 is 5.82 Å². The lowest BCUT2D eigenvalue weighted by Crippen LogP contribution is -2.37. The zero-order valence-corrected chi connectivity index (χ0v) is 11.1. The van der Waals surface area contributed by atoms with Crippen molar-refractivity contribution >= 4 is 23.2 Å². The first-order valence-corrected chi connectivity index (χ1v) is 6.70. The maximum Gasteiger partial charge on any atom is 0.143 e. The van der Waals surface area contributed by atoms with Gasteiger partial charge in [0.05, 0.1) is 5.02 Å². The van der Waals surface area contributed by atoms with E-state index in [1.165, 1.54) is 12.5 Å². The Hall–Kier alpha value is -0.310. The maximum absolute atomic E-state index is 13.3. The fourth-order valence-corrected chi connectivity index (χ4v) is 3.26. The van der Waals surface area contributed by atoms with Gasteiger partial charge < -0.3 is 5.73 Å². The van der Waals surface area contributed by atoms with Crippen LogP contribution in [0.3, 0.4) is 0 Å². The molecule has 1 nitrogen and oxygen atoms in total. The first-order valence-electron chi connectivity index (χ1n) is 5.94. The summed E-state index contributed by atoms with van der Waals surface area (Å²) in [5.41, 5.74) is 6.72. The van der Waals surface area contributed by atoms with E-state index in [4.69, 9.17) is 28.9 Å². The van der Waals surface area contributed by atoms with E-state index in [1.54, 1.807) is 6.07 Å². The second-order valence-electron chi connectivity index (χ2n) is 4.79. The highest BCUT2D eigenvalue weighted by Gasteiger charge is 2.34. The molecule has 0 atom stereocenters. The van der Waals surface area contributed by atoms with Crippen molar-refractivity contribution in [1.82, 2.24) is 0 Å². The van der Waals surface area contributed by atoms with Crippen LogP contribution >= 0.6 is 23.2 Å². The van der Waals surface area contributed by atoms with Crippen LogP contribution in [0.2, 0.25) is 10.0 Å². The summed E-state index contributed by atoms with van der Waals surface area (Å²) in [6.45, 7) is 0.536. The van der Waals surface area contributed by atoms with Gasteiger partial charge in [-0.1, -0.05) is 42.5 Å². The molecule has 0 spiro atoms.